The molecule has 2 aromatic heterocycles. The zero-order chi connectivity index (χ0) is 20.5. The number of ether oxygens (including phenoxy) is 2. The molecule has 1 unspecified atom stereocenters. The van der Waals surface area contributed by atoms with E-state index in [-0.39, 0.29) is 24.0 Å². The van der Waals surface area contributed by atoms with E-state index in [4.69, 9.17) is 9.47 Å². The van der Waals surface area contributed by atoms with Crippen molar-refractivity contribution in [3.63, 3.8) is 0 Å². The molecule has 30 heavy (non-hydrogen) atoms. The monoisotopic (exact) mass is 538 g/mol. The molecule has 0 saturated carbocycles. The molecule has 0 aliphatic heterocycles. The van der Waals surface area contributed by atoms with E-state index in [9.17, 15) is 0 Å². The Bertz CT molecular complexity index is 917. The Morgan fingerprint density at radius 3 is 2.67 bits per heavy atom. The van der Waals surface area contributed by atoms with E-state index in [0.29, 0.717) is 24.1 Å². The van der Waals surface area contributed by atoms with Crippen LogP contribution in [0.4, 0.5) is 0 Å². The van der Waals surface area contributed by atoms with Gasteiger partial charge in [0.1, 0.15) is 11.5 Å². The molecule has 2 heterocycles. The Hall–Kier alpha value is -2.33. The highest BCUT2D eigenvalue weighted by Crippen LogP contribution is 2.23. The molecule has 0 spiro atoms. The number of guanidine groups is 1. The number of nitrogens with zero attached hydrogens (tertiary/aromatic N) is 2. The largest absolute Gasteiger partial charge is 0.497 e. The quantitative estimate of drug-likeness (QED) is 0.239. The number of thiophene rings is 1. The number of pyridine rings is 1. The maximum atomic E-state index is 5.78. The SMILES string of the molecule is CN=C(NCc1ccc(Oc2cccc(OC)c2)nc1)NCC(C)c1ccsc1.I. The van der Waals surface area contributed by atoms with Crippen molar-refractivity contribution in [2.24, 2.45) is 4.99 Å². The second-order valence-electron chi connectivity index (χ2n) is 6.55. The van der Waals surface area contributed by atoms with E-state index >= 15 is 0 Å². The first kappa shape index (κ1) is 23.9. The number of aromatic nitrogens is 1. The van der Waals surface area contributed by atoms with Crippen LogP contribution >= 0.6 is 35.3 Å². The van der Waals surface area contributed by atoms with E-state index in [1.165, 1.54) is 5.56 Å². The summed E-state index contributed by atoms with van der Waals surface area (Å²) in [5.41, 5.74) is 2.38. The molecule has 0 radical (unpaired) electrons. The molecule has 0 bridgehead atoms. The predicted octanol–water partition coefficient (Wildman–Crippen LogP) is 5.03. The molecule has 160 valence electrons. The number of aliphatic imine (C=N–C) groups is 1. The summed E-state index contributed by atoms with van der Waals surface area (Å²) < 4.78 is 11.0. The molecule has 0 saturated heterocycles. The predicted molar refractivity (Wildman–Crippen MR) is 134 cm³/mol. The zero-order valence-corrected chi connectivity index (χ0v) is 20.4. The fourth-order valence-corrected chi connectivity index (χ4v) is 3.47. The summed E-state index contributed by atoms with van der Waals surface area (Å²) in [6.45, 7) is 3.65. The van der Waals surface area contributed by atoms with Crippen molar-refractivity contribution in [3.05, 3.63) is 70.5 Å². The Balaban J connectivity index is 0.00000320. The molecule has 3 aromatic rings. The third-order valence-electron chi connectivity index (χ3n) is 4.43. The van der Waals surface area contributed by atoms with Gasteiger partial charge in [-0.25, -0.2) is 4.98 Å². The van der Waals surface area contributed by atoms with Gasteiger partial charge in [-0.1, -0.05) is 19.1 Å². The second kappa shape index (κ2) is 12.4. The highest BCUT2D eigenvalue weighted by atomic mass is 127. The Labute approximate surface area is 198 Å². The topological polar surface area (TPSA) is 67.8 Å². The van der Waals surface area contributed by atoms with Crippen LogP contribution in [-0.2, 0) is 6.54 Å². The highest BCUT2D eigenvalue weighted by Gasteiger charge is 2.07. The molecule has 0 aliphatic carbocycles. The number of methoxy groups -OCH3 is 1. The number of nitrogens with one attached hydrogen (secondary N) is 2. The van der Waals surface area contributed by atoms with Gasteiger partial charge >= 0.3 is 0 Å². The van der Waals surface area contributed by atoms with Crippen LogP contribution in [0.2, 0.25) is 0 Å². The van der Waals surface area contributed by atoms with E-state index < -0.39 is 0 Å². The molecule has 0 aliphatic rings. The molecule has 0 amide bonds. The van der Waals surface area contributed by atoms with Crippen molar-refractivity contribution < 1.29 is 9.47 Å². The maximum Gasteiger partial charge on any atom is 0.219 e. The summed E-state index contributed by atoms with van der Waals surface area (Å²) in [5, 5.41) is 11.0. The smallest absolute Gasteiger partial charge is 0.219 e. The van der Waals surface area contributed by atoms with Gasteiger partial charge in [-0.3, -0.25) is 4.99 Å². The molecule has 8 heteroatoms. The standard InChI is InChI=1S/C22H26N4O2S.HI/c1-16(18-9-10-29-15-18)12-25-22(23-2)26-14-17-7-8-21(24-13-17)28-20-6-4-5-19(11-20)27-3;/h4-11,13,15-16H,12,14H2,1-3H3,(H2,23,25,26);1H. The summed E-state index contributed by atoms with van der Waals surface area (Å²) in [4.78, 5) is 8.67. The Morgan fingerprint density at radius 1 is 1.17 bits per heavy atom. The molecular weight excluding hydrogens is 511 g/mol. The van der Waals surface area contributed by atoms with Gasteiger partial charge < -0.3 is 20.1 Å². The number of halogens is 1. The van der Waals surface area contributed by atoms with Gasteiger partial charge in [0.2, 0.25) is 5.88 Å². The van der Waals surface area contributed by atoms with Gasteiger partial charge in [0.15, 0.2) is 5.96 Å². The van der Waals surface area contributed by atoms with E-state index in [0.717, 1.165) is 23.8 Å². The molecule has 0 fully saturated rings. The average Bonchev–Trinajstić information content (AvgIpc) is 3.30. The first-order chi connectivity index (χ1) is 14.2. The number of rotatable bonds is 8. The van der Waals surface area contributed by atoms with Crippen LogP contribution in [0.15, 0.2) is 64.4 Å². The molecule has 6 nitrogen and oxygen atoms in total. The van der Waals surface area contributed by atoms with Gasteiger partial charge in [-0.05, 0) is 46.0 Å². The van der Waals surface area contributed by atoms with Crippen molar-refractivity contribution in [1.82, 2.24) is 15.6 Å². The van der Waals surface area contributed by atoms with Gasteiger partial charge in [0.05, 0.1) is 7.11 Å². The molecule has 1 atom stereocenters. The third kappa shape index (κ3) is 7.17. The van der Waals surface area contributed by atoms with E-state index in [2.05, 4.69) is 44.4 Å². The van der Waals surface area contributed by atoms with Crippen LogP contribution in [0, 0.1) is 0 Å². The Kier molecular flexibility index (Phi) is 9.88. The lowest BCUT2D eigenvalue weighted by atomic mass is 10.1. The molecule has 2 N–H and O–H groups in total. The van der Waals surface area contributed by atoms with Crippen LogP contribution in [0.1, 0.15) is 24.0 Å². The van der Waals surface area contributed by atoms with Crippen LogP contribution in [0.3, 0.4) is 0 Å². The van der Waals surface area contributed by atoms with E-state index in [1.54, 1.807) is 31.7 Å². The number of hydrogen-bond acceptors (Lipinski definition) is 5. The highest BCUT2D eigenvalue weighted by molar-refractivity contribution is 14.0. The number of benzene rings is 1. The van der Waals surface area contributed by atoms with Gasteiger partial charge in [0.25, 0.3) is 0 Å². The number of hydrogen-bond donors (Lipinski definition) is 2. The zero-order valence-electron chi connectivity index (χ0n) is 17.3. The van der Waals surface area contributed by atoms with Crippen molar-refractivity contribution >= 4 is 41.3 Å². The Morgan fingerprint density at radius 2 is 2.00 bits per heavy atom. The average molecular weight is 538 g/mol. The molecule has 3 rings (SSSR count). The fraction of sp³-hybridized carbons (Fsp3) is 0.273. The van der Waals surface area contributed by atoms with E-state index in [1.807, 2.05) is 36.4 Å². The van der Waals surface area contributed by atoms with Crippen LogP contribution in [-0.4, -0.2) is 31.6 Å². The fourth-order valence-electron chi connectivity index (χ4n) is 2.69. The van der Waals surface area contributed by atoms with Crippen molar-refractivity contribution in [2.75, 3.05) is 20.7 Å². The summed E-state index contributed by atoms with van der Waals surface area (Å²) in [7, 11) is 3.40. The van der Waals surface area contributed by atoms with Gasteiger partial charge in [0, 0.05) is 38.5 Å². The maximum absolute atomic E-state index is 5.78. The van der Waals surface area contributed by atoms with Crippen molar-refractivity contribution in [1.29, 1.82) is 0 Å². The van der Waals surface area contributed by atoms with Crippen molar-refractivity contribution in [2.45, 2.75) is 19.4 Å². The summed E-state index contributed by atoms with van der Waals surface area (Å²) in [5.74, 6) is 3.16. The summed E-state index contributed by atoms with van der Waals surface area (Å²) >= 11 is 1.72. The third-order valence-corrected chi connectivity index (χ3v) is 5.13. The first-order valence-corrected chi connectivity index (χ1v) is 10.4. The minimum absolute atomic E-state index is 0. The van der Waals surface area contributed by atoms with Gasteiger partial charge in [-0.15, -0.1) is 24.0 Å². The van der Waals surface area contributed by atoms with Crippen LogP contribution in [0.5, 0.6) is 17.4 Å². The molecular formula is C22H27IN4O2S. The summed E-state index contributed by atoms with van der Waals surface area (Å²) in [6, 6.07) is 13.4. The lowest BCUT2D eigenvalue weighted by Gasteiger charge is -2.15. The van der Waals surface area contributed by atoms with Crippen molar-refractivity contribution in [3.8, 4) is 17.4 Å². The summed E-state index contributed by atoms with van der Waals surface area (Å²) in [6.07, 6.45) is 1.80. The van der Waals surface area contributed by atoms with Gasteiger partial charge in [-0.2, -0.15) is 11.3 Å². The molecule has 1 aromatic carbocycles. The lowest BCUT2D eigenvalue weighted by molar-refractivity contribution is 0.407. The normalized spacial score (nSPS) is 11.9. The van der Waals surface area contributed by atoms with Crippen LogP contribution < -0.4 is 20.1 Å². The lowest BCUT2D eigenvalue weighted by Crippen LogP contribution is -2.38. The first-order valence-electron chi connectivity index (χ1n) is 9.41. The van der Waals surface area contributed by atoms with Crippen LogP contribution in [0.25, 0.3) is 0 Å². The minimum atomic E-state index is 0. The second-order valence-corrected chi connectivity index (χ2v) is 7.33. The minimum Gasteiger partial charge on any atom is -0.497 e.